The molecule has 0 aliphatic carbocycles. The summed E-state index contributed by atoms with van der Waals surface area (Å²) < 4.78 is 1.10. The van der Waals surface area contributed by atoms with Gasteiger partial charge in [0.25, 0.3) is 0 Å². The lowest BCUT2D eigenvalue weighted by molar-refractivity contribution is 0.770. The highest BCUT2D eigenvalue weighted by molar-refractivity contribution is 9.10. The van der Waals surface area contributed by atoms with E-state index in [4.69, 9.17) is 11.6 Å². The minimum absolute atomic E-state index is 0.338. The molecule has 0 amide bonds. The number of rotatable bonds is 4. The highest BCUT2D eigenvalue weighted by Crippen LogP contribution is 2.27. The van der Waals surface area contributed by atoms with Gasteiger partial charge in [0.2, 0.25) is 0 Å². The second-order valence-electron chi connectivity index (χ2n) is 5.25. The zero-order chi connectivity index (χ0) is 14.7. The van der Waals surface area contributed by atoms with Gasteiger partial charge >= 0.3 is 0 Å². The van der Waals surface area contributed by atoms with E-state index in [1.54, 1.807) is 0 Å². The molecule has 3 aromatic carbocycles. The Balaban J connectivity index is 1.94. The number of hydrogen-bond acceptors (Lipinski definition) is 0. The molecule has 21 heavy (non-hydrogen) atoms. The molecule has 3 rings (SSSR count). The Labute approximate surface area is 138 Å². The first-order chi connectivity index (χ1) is 10.3. The maximum Gasteiger partial charge on any atom is 0.0295 e. The maximum atomic E-state index is 6.23. The van der Waals surface area contributed by atoms with Crippen LogP contribution in [0.5, 0.6) is 0 Å². The van der Waals surface area contributed by atoms with Gasteiger partial charge in [-0.2, -0.15) is 0 Å². The van der Waals surface area contributed by atoms with Crippen molar-refractivity contribution in [3.05, 3.63) is 82.3 Å². The standard InChI is InChI=1S/C19H16BrCl/c20-18-10-8-14(9-11-18)17(13-21)12-16-6-3-5-15-4-1-2-7-19(15)16/h1-11,17H,12-13H2. The Hall–Kier alpha value is -1.31. The average molecular weight is 360 g/mol. The molecule has 1 atom stereocenters. The smallest absolute Gasteiger partial charge is 0.0295 e. The van der Waals surface area contributed by atoms with Crippen molar-refractivity contribution in [1.82, 2.24) is 0 Å². The molecule has 1 unspecified atom stereocenters. The summed E-state index contributed by atoms with van der Waals surface area (Å²) in [5, 5.41) is 2.62. The van der Waals surface area contributed by atoms with E-state index in [-0.39, 0.29) is 0 Å². The number of halogens is 2. The van der Waals surface area contributed by atoms with E-state index in [0.717, 1.165) is 10.9 Å². The fourth-order valence-electron chi connectivity index (χ4n) is 2.73. The largest absolute Gasteiger partial charge is 0.126 e. The van der Waals surface area contributed by atoms with Crippen molar-refractivity contribution in [2.45, 2.75) is 12.3 Å². The third-order valence-electron chi connectivity index (χ3n) is 3.87. The van der Waals surface area contributed by atoms with Crippen LogP contribution in [0.15, 0.2) is 71.2 Å². The highest BCUT2D eigenvalue weighted by Gasteiger charge is 2.13. The van der Waals surface area contributed by atoms with Crippen LogP contribution in [0.4, 0.5) is 0 Å². The van der Waals surface area contributed by atoms with Gasteiger partial charge in [-0.25, -0.2) is 0 Å². The van der Waals surface area contributed by atoms with Crippen LogP contribution in [0.3, 0.4) is 0 Å². The third kappa shape index (κ3) is 3.30. The van der Waals surface area contributed by atoms with Crippen molar-refractivity contribution in [2.24, 2.45) is 0 Å². The Morgan fingerprint density at radius 3 is 2.33 bits per heavy atom. The highest BCUT2D eigenvalue weighted by atomic mass is 79.9. The van der Waals surface area contributed by atoms with Gasteiger partial charge in [0.05, 0.1) is 0 Å². The van der Waals surface area contributed by atoms with Crippen molar-refractivity contribution in [2.75, 3.05) is 5.88 Å². The van der Waals surface area contributed by atoms with E-state index in [0.29, 0.717) is 11.8 Å². The fourth-order valence-corrected chi connectivity index (χ4v) is 3.28. The van der Waals surface area contributed by atoms with Gasteiger partial charge in [-0.15, -0.1) is 11.6 Å². The predicted molar refractivity (Wildman–Crippen MR) is 95.3 cm³/mol. The molecular weight excluding hydrogens is 344 g/mol. The molecule has 0 radical (unpaired) electrons. The van der Waals surface area contributed by atoms with Crippen molar-refractivity contribution in [3.63, 3.8) is 0 Å². The quantitative estimate of drug-likeness (QED) is 0.489. The van der Waals surface area contributed by atoms with Gasteiger partial charge in [-0.3, -0.25) is 0 Å². The molecule has 0 aromatic heterocycles. The van der Waals surface area contributed by atoms with Crippen molar-refractivity contribution >= 4 is 38.3 Å². The topological polar surface area (TPSA) is 0 Å². The Morgan fingerprint density at radius 2 is 1.57 bits per heavy atom. The van der Waals surface area contributed by atoms with Crippen molar-refractivity contribution in [1.29, 1.82) is 0 Å². The summed E-state index contributed by atoms with van der Waals surface area (Å²) in [6.45, 7) is 0. The monoisotopic (exact) mass is 358 g/mol. The van der Waals surface area contributed by atoms with Gasteiger partial charge in [-0.1, -0.05) is 70.5 Å². The average Bonchev–Trinajstić information content (AvgIpc) is 2.54. The molecule has 0 saturated carbocycles. The molecule has 0 nitrogen and oxygen atoms in total. The second kappa shape index (κ2) is 6.64. The van der Waals surface area contributed by atoms with Crippen LogP contribution in [0.25, 0.3) is 10.8 Å². The van der Waals surface area contributed by atoms with E-state index in [9.17, 15) is 0 Å². The van der Waals surface area contributed by atoms with Crippen LogP contribution >= 0.6 is 27.5 Å². The second-order valence-corrected chi connectivity index (χ2v) is 6.47. The van der Waals surface area contributed by atoms with Crippen LogP contribution in [0, 0.1) is 0 Å². The summed E-state index contributed by atoms with van der Waals surface area (Å²) in [6, 6.07) is 23.5. The van der Waals surface area contributed by atoms with Crippen molar-refractivity contribution < 1.29 is 0 Å². The Kier molecular flexibility index (Phi) is 4.62. The maximum absolute atomic E-state index is 6.23. The molecule has 106 valence electrons. The molecule has 0 saturated heterocycles. The van der Waals surface area contributed by atoms with Crippen LogP contribution < -0.4 is 0 Å². The van der Waals surface area contributed by atoms with Gasteiger partial charge in [0.1, 0.15) is 0 Å². The van der Waals surface area contributed by atoms with E-state index < -0.39 is 0 Å². The summed E-state index contributed by atoms with van der Waals surface area (Å²) in [4.78, 5) is 0. The van der Waals surface area contributed by atoms with Gasteiger partial charge in [-0.05, 0) is 40.5 Å². The zero-order valence-electron chi connectivity index (χ0n) is 11.6. The summed E-state index contributed by atoms with van der Waals surface area (Å²) in [6.07, 6.45) is 0.965. The SMILES string of the molecule is ClCC(Cc1cccc2ccccc12)c1ccc(Br)cc1. The summed E-state index contributed by atoms with van der Waals surface area (Å²) in [5.41, 5.74) is 2.66. The molecule has 0 spiro atoms. The molecular formula is C19H16BrCl. The van der Waals surface area contributed by atoms with E-state index in [1.807, 2.05) is 0 Å². The minimum atomic E-state index is 0.338. The zero-order valence-corrected chi connectivity index (χ0v) is 13.9. The molecule has 0 N–H and O–H groups in total. The number of fused-ring (bicyclic) bond motifs is 1. The molecule has 0 heterocycles. The molecule has 0 bridgehead atoms. The first-order valence-electron chi connectivity index (χ1n) is 7.06. The predicted octanol–water partition coefficient (Wildman–Crippen LogP) is 6.17. The van der Waals surface area contributed by atoms with Gasteiger partial charge < -0.3 is 0 Å². The minimum Gasteiger partial charge on any atom is -0.126 e. The summed E-state index contributed by atoms with van der Waals surface area (Å²) >= 11 is 9.71. The normalized spacial score (nSPS) is 12.5. The molecule has 0 fully saturated rings. The van der Waals surface area contributed by atoms with Gasteiger partial charge in [0, 0.05) is 16.3 Å². The van der Waals surface area contributed by atoms with E-state index in [2.05, 4.69) is 82.7 Å². The number of hydrogen-bond donors (Lipinski definition) is 0. The van der Waals surface area contributed by atoms with Crippen LogP contribution in [0.2, 0.25) is 0 Å². The summed E-state index contributed by atoms with van der Waals surface area (Å²) in [7, 11) is 0. The van der Waals surface area contributed by atoms with E-state index in [1.165, 1.54) is 21.9 Å². The lowest BCUT2D eigenvalue weighted by atomic mass is 9.91. The van der Waals surface area contributed by atoms with Crippen LogP contribution in [0.1, 0.15) is 17.0 Å². The number of benzene rings is 3. The molecule has 2 heteroatoms. The molecule has 3 aromatic rings. The molecule has 0 aliphatic heterocycles. The lowest BCUT2D eigenvalue weighted by Gasteiger charge is -2.16. The Bertz CT molecular complexity index is 729. The number of alkyl halides is 1. The van der Waals surface area contributed by atoms with E-state index >= 15 is 0 Å². The molecule has 0 aliphatic rings. The van der Waals surface area contributed by atoms with Crippen LogP contribution in [-0.2, 0) is 6.42 Å². The fraction of sp³-hybridized carbons (Fsp3) is 0.158. The Morgan fingerprint density at radius 1 is 0.857 bits per heavy atom. The first kappa shape index (κ1) is 14.6. The first-order valence-corrected chi connectivity index (χ1v) is 8.39. The van der Waals surface area contributed by atoms with Crippen LogP contribution in [-0.4, -0.2) is 5.88 Å². The van der Waals surface area contributed by atoms with Crippen molar-refractivity contribution in [3.8, 4) is 0 Å². The van der Waals surface area contributed by atoms with Gasteiger partial charge in [0.15, 0.2) is 0 Å². The lowest BCUT2D eigenvalue weighted by Crippen LogP contribution is -2.05. The summed E-state index contributed by atoms with van der Waals surface area (Å²) in [5.74, 6) is 0.968. The third-order valence-corrected chi connectivity index (χ3v) is 4.78.